The zero-order chi connectivity index (χ0) is 16.9. The number of rotatable bonds is 6. The summed E-state index contributed by atoms with van der Waals surface area (Å²) < 4.78 is 5.22. The summed E-state index contributed by atoms with van der Waals surface area (Å²) in [5.41, 5.74) is 2.76. The van der Waals surface area contributed by atoms with Crippen LogP contribution in [0.5, 0.6) is 0 Å². The summed E-state index contributed by atoms with van der Waals surface area (Å²) in [4.78, 5) is 18.7. The number of carbonyl (C=O) groups excluding carboxylic acids is 1. The summed E-state index contributed by atoms with van der Waals surface area (Å²) in [5.74, 6) is 1.45. The SMILES string of the molecule is CCCc1noc(CNc2ccc(C(=O)N3CCCC3)cc2C)n1. The number of hydrogen-bond acceptors (Lipinski definition) is 5. The highest BCUT2D eigenvalue weighted by molar-refractivity contribution is 5.95. The fraction of sp³-hybridized carbons (Fsp3) is 0.500. The molecule has 1 aliphatic heterocycles. The Morgan fingerprint density at radius 2 is 2.12 bits per heavy atom. The minimum absolute atomic E-state index is 0.128. The average Bonchev–Trinajstić information content (AvgIpc) is 3.25. The molecule has 0 spiro atoms. The van der Waals surface area contributed by atoms with Crippen molar-refractivity contribution in [3.05, 3.63) is 41.0 Å². The highest BCUT2D eigenvalue weighted by Crippen LogP contribution is 2.20. The maximum Gasteiger partial charge on any atom is 0.253 e. The van der Waals surface area contributed by atoms with E-state index in [9.17, 15) is 4.79 Å². The Morgan fingerprint density at radius 1 is 1.33 bits per heavy atom. The third-order valence-electron chi connectivity index (χ3n) is 4.28. The van der Waals surface area contributed by atoms with Crippen LogP contribution in [-0.4, -0.2) is 34.0 Å². The smallest absolute Gasteiger partial charge is 0.253 e. The van der Waals surface area contributed by atoms with E-state index in [4.69, 9.17) is 4.52 Å². The third-order valence-corrected chi connectivity index (χ3v) is 4.28. The van der Waals surface area contributed by atoms with E-state index in [1.165, 1.54) is 0 Å². The first kappa shape index (κ1) is 16.5. The van der Waals surface area contributed by atoms with E-state index in [0.717, 1.165) is 61.4 Å². The Hall–Kier alpha value is -2.37. The molecule has 1 saturated heterocycles. The minimum atomic E-state index is 0.128. The summed E-state index contributed by atoms with van der Waals surface area (Å²) in [7, 11) is 0. The quantitative estimate of drug-likeness (QED) is 0.882. The van der Waals surface area contributed by atoms with E-state index >= 15 is 0 Å². The predicted octanol–water partition coefficient (Wildman–Crippen LogP) is 3.18. The molecule has 24 heavy (non-hydrogen) atoms. The third kappa shape index (κ3) is 3.75. The summed E-state index contributed by atoms with van der Waals surface area (Å²) in [6.07, 6.45) is 4.04. The van der Waals surface area contributed by atoms with Crippen LogP contribution < -0.4 is 5.32 Å². The molecule has 0 aliphatic carbocycles. The van der Waals surface area contributed by atoms with Crippen LogP contribution in [-0.2, 0) is 13.0 Å². The topological polar surface area (TPSA) is 71.3 Å². The standard InChI is InChI=1S/C18H24N4O2/c1-3-6-16-20-17(24-21-16)12-19-15-8-7-14(11-13(15)2)18(23)22-9-4-5-10-22/h7-8,11,19H,3-6,9-10,12H2,1-2H3. The molecular formula is C18H24N4O2. The fourth-order valence-corrected chi connectivity index (χ4v) is 2.96. The second-order valence-corrected chi connectivity index (χ2v) is 6.24. The molecule has 1 aromatic heterocycles. The van der Waals surface area contributed by atoms with Gasteiger partial charge in [0.25, 0.3) is 5.91 Å². The zero-order valence-corrected chi connectivity index (χ0v) is 14.3. The Balaban J connectivity index is 1.62. The number of hydrogen-bond donors (Lipinski definition) is 1. The lowest BCUT2D eigenvalue weighted by Gasteiger charge is -2.16. The molecule has 2 heterocycles. The molecule has 0 unspecified atom stereocenters. The average molecular weight is 328 g/mol. The van der Waals surface area contributed by atoms with Gasteiger partial charge in [-0.15, -0.1) is 0 Å². The zero-order valence-electron chi connectivity index (χ0n) is 14.3. The van der Waals surface area contributed by atoms with Crippen molar-refractivity contribution < 1.29 is 9.32 Å². The van der Waals surface area contributed by atoms with Gasteiger partial charge >= 0.3 is 0 Å². The highest BCUT2D eigenvalue weighted by Gasteiger charge is 2.19. The number of amides is 1. The van der Waals surface area contributed by atoms with Gasteiger partial charge in [-0.1, -0.05) is 12.1 Å². The van der Waals surface area contributed by atoms with Gasteiger partial charge in [0, 0.05) is 30.8 Å². The molecule has 1 amide bonds. The molecule has 6 nitrogen and oxygen atoms in total. The van der Waals surface area contributed by atoms with Gasteiger partial charge in [-0.25, -0.2) is 0 Å². The van der Waals surface area contributed by atoms with Gasteiger partial charge in [-0.05, 0) is 49.9 Å². The van der Waals surface area contributed by atoms with Crippen LogP contribution in [0.25, 0.3) is 0 Å². The van der Waals surface area contributed by atoms with Crippen molar-refractivity contribution in [3.63, 3.8) is 0 Å². The lowest BCUT2D eigenvalue weighted by Crippen LogP contribution is -2.27. The molecule has 128 valence electrons. The second kappa shape index (κ2) is 7.47. The Labute approximate surface area is 142 Å². The first-order chi connectivity index (χ1) is 11.7. The highest BCUT2D eigenvalue weighted by atomic mass is 16.5. The summed E-state index contributed by atoms with van der Waals surface area (Å²) in [5, 5.41) is 7.24. The molecule has 0 radical (unpaired) electrons. The van der Waals surface area contributed by atoms with Crippen molar-refractivity contribution in [2.45, 2.75) is 46.1 Å². The van der Waals surface area contributed by atoms with Crippen molar-refractivity contribution in [2.75, 3.05) is 18.4 Å². The number of nitrogens with zero attached hydrogens (tertiary/aromatic N) is 3. The second-order valence-electron chi connectivity index (χ2n) is 6.24. The lowest BCUT2D eigenvalue weighted by atomic mass is 10.1. The van der Waals surface area contributed by atoms with Gasteiger partial charge in [0.1, 0.15) is 0 Å². The van der Waals surface area contributed by atoms with Crippen LogP contribution in [0, 0.1) is 6.92 Å². The predicted molar refractivity (Wildman–Crippen MR) is 91.9 cm³/mol. The number of aryl methyl sites for hydroxylation is 2. The molecule has 0 saturated carbocycles. The molecule has 3 rings (SSSR count). The van der Waals surface area contributed by atoms with Gasteiger partial charge in [-0.2, -0.15) is 4.98 Å². The molecule has 1 aliphatic rings. The Kier molecular flexibility index (Phi) is 5.13. The number of nitrogens with one attached hydrogen (secondary N) is 1. The van der Waals surface area contributed by atoms with Crippen LogP contribution in [0.4, 0.5) is 5.69 Å². The summed E-state index contributed by atoms with van der Waals surface area (Å²) >= 11 is 0. The van der Waals surface area contributed by atoms with Gasteiger partial charge in [0.05, 0.1) is 6.54 Å². The fourth-order valence-electron chi connectivity index (χ4n) is 2.96. The van der Waals surface area contributed by atoms with Gasteiger partial charge < -0.3 is 14.7 Å². The Bertz CT molecular complexity index is 705. The van der Waals surface area contributed by atoms with Gasteiger partial charge in [0.2, 0.25) is 5.89 Å². The molecule has 2 aromatic rings. The van der Waals surface area contributed by atoms with Gasteiger partial charge in [-0.3, -0.25) is 4.79 Å². The number of aromatic nitrogens is 2. The van der Waals surface area contributed by atoms with E-state index in [1.54, 1.807) is 0 Å². The lowest BCUT2D eigenvalue weighted by molar-refractivity contribution is 0.0793. The maximum absolute atomic E-state index is 12.4. The maximum atomic E-state index is 12.4. The normalized spacial score (nSPS) is 14.2. The van der Waals surface area contributed by atoms with Crippen molar-refractivity contribution in [3.8, 4) is 0 Å². The molecule has 0 atom stereocenters. The van der Waals surface area contributed by atoms with Crippen molar-refractivity contribution in [2.24, 2.45) is 0 Å². The van der Waals surface area contributed by atoms with E-state index in [1.807, 2.05) is 30.0 Å². The van der Waals surface area contributed by atoms with E-state index in [-0.39, 0.29) is 5.91 Å². The number of anilines is 1. The van der Waals surface area contributed by atoms with Crippen molar-refractivity contribution in [1.82, 2.24) is 15.0 Å². The minimum Gasteiger partial charge on any atom is -0.376 e. The molecule has 1 aromatic carbocycles. The number of carbonyl (C=O) groups is 1. The van der Waals surface area contributed by atoms with E-state index in [2.05, 4.69) is 22.4 Å². The summed E-state index contributed by atoms with van der Waals surface area (Å²) in [6, 6.07) is 5.77. The molecule has 0 bridgehead atoms. The molecule has 6 heteroatoms. The van der Waals surface area contributed by atoms with E-state index < -0.39 is 0 Å². The molecule has 1 fully saturated rings. The van der Waals surface area contributed by atoms with Crippen LogP contribution in [0.15, 0.2) is 22.7 Å². The van der Waals surface area contributed by atoms with Crippen LogP contribution in [0.2, 0.25) is 0 Å². The van der Waals surface area contributed by atoms with Crippen molar-refractivity contribution in [1.29, 1.82) is 0 Å². The first-order valence-corrected chi connectivity index (χ1v) is 8.62. The summed E-state index contributed by atoms with van der Waals surface area (Å²) in [6.45, 7) is 6.31. The first-order valence-electron chi connectivity index (χ1n) is 8.62. The van der Waals surface area contributed by atoms with Gasteiger partial charge in [0.15, 0.2) is 5.82 Å². The van der Waals surface area contributed by atoms with Crippen LogP contribution in [0.3, 0.4) is 0 Å². The van der Waals surface area contributed by atoms with Crippen LogP contribution >= 0.6 is 0 Å². The molecule has 1 N–H and O–H groups in total. The number of likely N-dealkylation sites (tertiary alicyclic amines) is 1. The number of benzene rings is 1. The monoisotopic (exact) mass is 328 g/mol. The van der Waals surface area contributed by atoms with Crippen molar-refractivity contribution >= 4 is 11.6 Å². The van der Waals surface area contributed by atoms with Crippen LogP contribution in [0.1, 0.15) is 53.8 Å². The van der Waals surface area contributed by atoms with E-state index in [0.29, 0.717) is 12.4 Å². The largest absolute Gasteiger partial charge is 0.376 e. The molecular weight excluding hydrogens is 304 g/mol. The Morgan fingerprint density at radius 3 is 2.83 bits per heavy atom.